The van der Waals surface area contributed by atoms with Crippen LogP contribution in [0.4, 0.5) is 0 Å². The van der Waals surface area contributed by atoms with Crippen molar-refractivity contribution in [2.75, 3.05) is 20.6 Å². The normalized spacial score (nSPS) is 13.0. The molecule has 9 heteroatoms. The van der Waals surface area contributed by atoms with E-state index >= 15 is 0 Å². The molecule has 9 nitrogen and oxygen atoms in total. The SMILES string of the molecule is Cc1cc(=O)n([C@H](CC(C)C)C(=O)N[C@@H](CC(=O)O)c2cc(-c3c(C)cccc3C)c3nccn3c2)cc1CCN(C)C. The minimum absolute atomic E-state index is 0.116. The van der Waals surface area contributed by atoms with Gasteiger partial charge in [-0.1, -0.05) is 32.0 Å². The van der Waals surface area contributed by atoms with Gasteiger partial charge in [-0.3, -0.25) is 14.4 Å². The van der Waals surface area contributed by atoms with Crippen molar-refractivity contribution in [1.29, 1.82) is 0 Å². The van der Waals surface area contributed by atoms with E-state index in [-0.39, 0.29) is 23.8 Å². The summed E-state index contributed by atoms with van der Waals surface area (Å²) in [5.74, 6) is -1.31. The van der Waals surface area contributed by atoms with E-state index in [1.165, 1.54) is 4.57 Å². The molecule has 228 valence electrons. The summed E-state index contributed by atoms with van der Waals surface area (Å²) in [6.07, 6.45) is 8.00. The van der Waals surface area contributed by atoms with E-state index in [4.69, 9.17) is 0 Å². The van der Waals surface area contributed by atoms with Crippen molar-refractivity contribution in [3.63, 3.8) is 0 Å². The summed E-state index contributed by atoms with van der Waals surface area (Å²) >= 11 is 0. The highest BCUT2D eigenvalue weighted by atomic mass is 16.4. The van der Waals surface area contributed by atoms with Gasteiger partial charge in [-0.2, -0.15) is 0 Å². The number of carbonyl (C=O) groups excluding carboxylic acids is 1. The number of carbonyl (C=O) groups is 2. The highest BCUT2D eigenvalue weighted by Gasteiger charge is 2.28. The van der Waals surface area contributed by atoms with E-state index in [2.05, 4.69) is 15.2 Å². The number of hydrogen-bond acceptors (Lipinski definition) is 5. The van der Waals surface area contributed by atoms with Crippen LogP contribution >= 0.6 is 0 Å². The van der Waals surface area contributed by atoms with Crippen molar-refractivity contribution in [2.45, 2.75) is 66.0 Å². The maximum Gasteiger partial charge on any atom is 0.305 e. The number of aromatic nitrogens is 3. The number of pyridine rings is 2. The van der Waals surface area contributed by atoms with Crippen LogP contribution in [-0.2, 0) is 16.0 Å². The lowest BCUT2D eigenvalue weighted by molar-refractivity contribution is -0.138. The molecule has 0 saturated heterocycles. The minimum Gasteiger partial charge on any atom is -0.481 e. The molecule has 0 aliphatic heterocycles. The van der Waals surface area contributed by atoms with Gasteiger partial charge in [-0.25, -0.2) is 4.98 Å². The Morgan fingerprint density at radius 3 is 2.37 bits per heavy atom. The molecule has 0 unspecified atom stereocenters. The highest BCUT2D eigenvalue weighted by molar-refractivity contribution is 5.84. The van der Waals surface area contributed by atoms with Crippen LogP contribution in [0.25, 0.3) is 16.8 Å². The molecule has 4 aromatic rings. The van der Waals surface area contributed by atoms with Crippen LogP contribution in [0.1, 0.15) is 66.6 Å². The molecule has 1 amide bonds. The molecule has 4 rings (SSSR count). The van der Waals surface area contributed by atoms with E-state index in [1.807, 2.05) is 89.8 Å². The summed E-state index contributed by atoms with van der Waals surface area (Å²) < 4.78 is 3.39. The minimum atomic E-state index is -1.04. The number of carboxylic acids is 1. The van der Waals surface area contributed by atoms with Crippen LogP contribution in [0.2, 0.25) is 0 Å². The average molecular weight is 586 g/mol. The molecule has 2 N–H and O–H groups in total. The molecule has 0 spiro atoms. The number of aliphatic carboxylic acids is 1. The monoisotopic (exact) mass is 585 g/mol. The van der Waals surface area contributed by atoms with Crippen LogP contribution in [0.3, 0.4) is 0 Å². The van der Waals surface area contributed by atoms with E-state index in [0.717, 1.165) is 52.0 Å². The van der Waals surface area contributed by atoms with Gasteiger partial charge in [0.2, 0.25) is 5.91 Å². The number of benzene rings is 1. The molecule has 1 aromatic carbocycles. The summed E-state index contributed by atoms with van der Waals surface area (Å²) in [7, 11) is 3.99. The molecule has 0 saturated carbocycles. The first-order valence-corrected chi connectivity index (χ1v) is 14.8. The van der Waals surface area contributed by atoms with Crippen molar-refractivity contribution >= 4 is 17.5 Å². The topological polar surface area (TPSA) is 109 Å². The Morgan fingerprint density at radius 2 is 1.74 bits per heavy atom. The van der Waals surface area contributed by atoms with Gasteiger partial charge in [-0.15, -0.1) is 0 Å². The van der Waals surface area contributed by atoms with Crippen molar-refractivity contribution < 1.29 is 14.7 Å². The molecule has 0 aliphatic carbocycles. The number of amides is 1. The lowest BCUT2D eigenvalue weighted by atomic mass is 9.93. The van der Waals surface area contributed by atoms with Crippen molar-refractivity contribution in [1.82, 2.24) is 24.2 Å². The molecule has 43 heavy (non-hydrogen) atoms. The number of nitrogens with one attached hydrogen (secondary N) is 1. The van der Waals surface area contributed by atoms with Crippen molar-refractivity contribution in [2.24, 2.45) is 5.92 Å². The Morgan fingerprint density at radius 1 is 1.05 bits per heavy atom. The van der Waals surface area contributed by atoms with E-state index in [9.17, 15) is 19.5 Å². The summed E-state index contributed by atoms with van der Waals surface area (Å²) in [4.78, 5) is 46.0. The maximum absolute atomic E-state index is 14.0. The summed E-state index contributed by atoms with van der Waals surface area (Å²) in [5, 5.41) is 12.9. The zero-order chi connectivity index (χ0) is 31.4. The second-order valence-electron chi connectivity index (χ2n) is 12.2. The Balaban J connectivity index is 1.78. The lowest BCUT2D eigenvalue weighted by Crippen LogP contribution is -2.40. The first-order chi connectivity index (χ1) is 20.3. The fourth-order valence-electron chi connectivity index (χ4n) is 5.69. The number of rotatable bonds is 12. The second kappa shape index (κ2) is 13.4. The van der Waals surface area contributed by atoms with Gasteiger partial charge in [0, 0.05) is 43.0 Å². The zero-order valence-corrected chi connectivity index (χ0v) is 26.2. The van der Waals surface area contributed by atoms with Gasteiger partial charge in [0.05, 0.1) is 12.5 Å². The highest BCUT2D eigenvalue weighted by Crippen LogP contribution is 2.33. The molecule has 0 bridgehead atoms. The number of fused-ring (bicyclic) bond motifs is 1. The molecule has 0 fully saturated rings. The Labute approximate surface area is 253 Å². The number of carboxylic acid groups (broad SMARTS) is 1. The fraction of sp³-hybridized carbons (Fsp3) is 0.412. The Bertz CT molecular complexity index is 1660. The van der Waals surface area contributed by atoms with Crippen LogP contribution < -0.4 is 10.9 Å². The third kappa shape index (κ3) is 7.40. The van der Waals surface area contributed by atoms with Gasteiger partial charge < -0.3 is 24.3 Å². The number of likely N-dealkylation sites (N-methyl/N-ethyl adjacent to an activating group) is 1. The van der Waals surface area contributed by atoms with Gasteiger partial charge in [-0.05, 0) is 93.1 Å². The maximum atomic E-state index is 14.0. The third-order valence-corrected chi connectivity index (χ3v) is 7.91. The van der Waals surface area contributed by atoms with Gasteiger partial charge in [0.1, 0.15) is 11.7 Å². The summed E-state index contributed by atoms with van der Waals surface area (Å²) in [6.45, 7) is 10.8. The van der Waals surface area contributed by atoms with E-state index < -0.39 is 18.1 Å². The van der Waals surface area contributed by atoms with Crippen LogP contribution in [-0.4, -0.2) is 56.5 Å². The zero-order valence-electron chi connectivity index (χ0n) is 26.2. The van der Waals surface area contributed by atoms with Crippen LogP contribution in [0, 0.1) is 26.7 Å². The molecular weight excluding hydrogens is 542 g/mol. The second-order valence-corrected chi connectivity index (χ2v) is 12.2. The van der Waals surface area contributed by atoms with Crippen molar-refractivity contribution in [3.8, 4) is 11.1 Å². The number of imidazole rings is 1. The van der Waals surface area contributed by atoms with Crippen molar-refractivity contribution in [3.05, 3.63) is 93.3 Å². The van der Waals surface area contributed by atoms with E-state index in [0.29, 0.717) is 12.0 Å². The average Bonchev–Trinajstić information content (AvgIpc) is 3.39. The third-order valence-electron chi connectivity index (χ3n) is 7.91. The molecule has 3 aromatic heterocycles. The predicted octanol–water partition coefficient (Wildman–Crippen LogP) is 5.11. The number of hydrogen-bond donors (Lipinski definition) is 2. The fourth-order valence-corrected chi connectivity index (χ4v) is 5.69. The van der Waals surface area contributed by atoms with Gasteiger partial charge in [0.25, 0.3) is 5.56 Å². The first kappa shape index (κ1) is 31.7. The quantitative estimate of drug-likeness (QED) is 0.239. The van der Waals surface area contributed by atoms with Crippen LogP contribution in [0.15, 0.2) is 59.9 Å². The summed E-state index contributed by atoms with van der Waals surface area (Å²) in [5.41, 5.74) is 7.06. The standard InChI is InChI=1S/C34H43N5O4/c1-21(2)15-29(39-20-25(11-13-37(6)7)24(5)16-30(39)40)34(43)36-28(18-31(41)42)26-17-27(33-35-12-14-38(33)19-26)32-22(3)9-8-10-23(32)4/h8-10,12,14,16-17,19-21,28-29H,11,13,15,18H2,1-7H3,(H,36,43)(H,41,42)/t28-,29+/m0/s1. The van der Waals surface area contributed by atoms with Crippen LogP contribution in [0.5, 0.6) is 0 Å². The van der Waals surface area contributed by atoms with Gasteiger partial charge >= 0.3 is 5.97 Å². The Kier molecular flexibility index (Phi) is 9.86. The van der Waals surface area contributed by atoms with E-state index in [1.54, 1.807) is 18.5 Å². The molecule has 2 atom stereocenters. The largest absolute Gasteiger partial charge is 0.481 e. The Hall–Kier alpha value is -4.24. The number of nitrogens with zero attached hydrogens (tertiary/aromatic N) is 4. The predicted molar refractivity (Wildman–Crippen MR) is 169 cm³/mol. The summed E-state index contributed by atoms with van der Waals surface area (Å²) in [6, 6.07) is 7.97. The smallest absolute Gasteiger partial charge is 0.305 e. The number of aryl methyl sites for hydroxylation is 3. The molecular formula is C34H43N5O4. The molecule has 3 heterocycles. The van der Waals surface area contributed by atoms with Gasteiger partial charge in [0.15, 0.2) is 0 Å². The molecule has 0 radical (unpaired) electrons. The lowest BCUT2D eigenvalue weighted by Gasteiger charge is -2.26. The molecule has 0 aliphatic rings. The first-order valence-electron chi connectivity index (χ1n) is 14.8.